The number of ether oxygens (including phenoxy) is 3. The Bertz CT molecular complexity index is 2850. The maximum atomic E-state index is 13.7. The predicted octanol–water partition coefficient (Wildman–Crippen LogP) is 2.41. The Morgan fingerprint density at radius 1 is 0.957 bits per heavy atom. The zero-order chi connectivity index (χ0) is 51.2. The monoisotopic (exact) mass is 967 g/mol. The van der Waals surface area contributed by atoms with Crippen LogP contribution in [0.2, 0.25) is 0 Å². The molecule has 0 fully saturated rings. The summed E-state index contributed by atoms with van der Waals surface area (Å²) in [6, 6.07) is 5.75. The number of aliphatic hydroxyl groups excluding tert-OH is 1. The lowest BCUT2D eigenvalue weighted by Crippen LogP contribution is -2.38. The van der Waals surface area contributed by atoms with Crippen molar-refractivity contribution in [3.8, 4) is 11.5 Å². The number of hydrogen-bond acceptors (Lipinski definition) is 15. The highest BCUT2D eigenvalue weighted by Crippen LogP contribution is 2.32. The van der Waals surface area contributed by atoms with Crippen molar-refractivity contribution in [3.63, 3.8) is 0 Å². The first-order valence-electron chi connectivity index (χ1n) is 22.2. The number of nitrogens with one attached hydrogen (secondary N) is 3. The molecule has 1 aliphatic heterocycles. The van der Waals surface area contributed by atoms with E-state index < -0.39 is 30.0 Å². The second-order valence-corrected chi connectivity index (χ2v) is 15.8. The van der Waals surface area contributed by atoms with Gasteiger partial charge in [0, 0.05) is 63.7 Å². The molecule has 1 unspecified atom stereocenters. The van der Waals surface area contributed by atoms with Gasteiger partial charge in [0.05, 0.1) is 44.0 Å². The van der Waals surface area contributed by atoms with Crippen LogP contribution >= 0.6 is 0 Å². The average Bonchev–Trinajstić information content (AvgIpc) is 3.96. The zero-order valence-electron chi connectivity index (χ0n) is 40.1. The number of aliphatic imine (C=N–C) groups is 2. The SMILES string of the molecule is CCN=C(C=C(C)N)C(=O)Nc1nc2cc(C(=O)O)cc(OCCCN(C)C(=O)CCN3C(=O)C=CC3O)c2n1C/C=C/C[n+]1c(NC(=O)C(/C=C(/C)N)=NCC)[nH]c2cc(C(=O)OC)cc(OC)c21. The Balaban J connectivity index is 1.52. The lowest BCUT2D eigenvalue weighted by Gasteiger charge is -2.22. The molecule has 0 saturated heterocycles. The third-order valence-corrected chi connectivity index (χ3v) is 10.5. The number of H-pyrrole nitrogens is 1. The number of anilines is 2. The number of fused-ring (bicyclic) bond motifs is 2. The predicted molar refractivity (Wildman–Crippen MR) is 261 cm³/mol. The van der Waals surface area contributed by atoms with E-state index in [-0.39, 0.29) is 109 Å². The second kappa shape index (κ2) is 24.1. The van der Waals surface area contributed by atoms with E-state index in [1.807, 2.05) is 0 Å². The fourth-order valence-electron chi connectivity index (χ4n) is 7.29. The molecule has 1 atom stereocenters. The van der Waals surface area contributed by atoms with Crippen molar-refractivity contribution in [1.29, 1.82) is 0 Å². The number of carboxylic acids is 1. The van der Waals surface area contributed by atoms with E-state index in [0.29, 0.717) is 40.9 Å². The number of carboxylic acid groups (broad SMARTS) is 1. The van der Waals surface area contributed by atoms with Gasteiger partial charge in [0.2, 0.25) is 17.8 Å². The van der Waals surface area contributed by atoms with Crippen LogP contribution in [0.4, 0.5) is 11.9 Å². The largest absolute Gasteiger partial charge is 0.493 e. The van der Waals surface area contributed by atoms with E-state index in [9.17, 15) is 39.0 Å². The second-order valence-electron chi connectivity index (χ2n) is 15.8. The maximum Gasteiger partial charge on any atom is 0.363 e. The van der Waals surface area contributed by atoms with Crippen LogP contribution in [0.3, 0.4) is 0 Å². The summed E-state index contributed by atoms with van der Waals surface area (Å²) >= 11 is 0. The van der Waals surface area contributed by atoms with E-state index >= 15 is 0 Å². The van der Waals surface area contributed by atoms with Gasteiger partial charge in [-0.2, -0.15) is 0 Å². The number of aromatic amines is 1. The third kappa shape index (κ3) is 13.0. The molecule has 2 aromatic heterocycles. The number of esters is 1. The molecule has 1 aliphatic rings. The Morgan fingerprint density at radius 3 is 2.20 bits per heavy atom. The molecular formula is C47H59N12O11+. The lowest BCUT2D eigenvalue weighted by atomic mass is 10.2. The number of aromatic carboxylic acids is 1. The van der Waals surface area contributed by atoms with Gasteiger partial charge in [0.1, 0.15) is 34.4 Å². The molecule has 0 bridgehead atoms. The van der Waals surface area contributed by atoms with Crippen LogP contribution < -0.4 is 36.1 Å². The van der Waals surface area contributed by atoms with Crippen molar-refractivity contribution < 1.29 is 57.8 Å². The van der Waals surface area contributed by atoms with Crippen molar-refractivity contribution in [2.45, 2.75) is 59.9 Å². The van der Waals surface area contributed by atoms with Crippen molar-refractivity contribution in [1.82, 2.24) is 24.3 Å². The van der Waals surface area contributed by atoms with Gasteiger partial charge >= 0.3 is 23.8 Å². The van der Waals surface area contributed by atoms with E-state index in [2.05, 4.69) is 30.6 Å². The standard InChI is InChI=1S/C47H58N12O11/c1-8-50-33(21-27(3)48)42(63)54-46-53-32-24-30(45(67)69-7)26-35(68-6)40(32)58(46)17-10-11-18-59-41-31(52-47(59)55-43(64)34(51-9-2)22-28(4)49)23-29(44(65)66)25-36(41)70-20-12-16-56(5)37(60)15-19-57-38(61)13-14-39(57)62/h10-11,13-14,21-26,38,61H,8-9,12,15-20H2,1-7H3,(H7,48,49,50,51,52,53,54,55,63,64,65,66)/p+1/b11-10+. The van der Waals surface area contributed by atoms with Crippen molar-refractivity contribution in [2.24, 2.45) is 21.5 Å². The molecule has 0 radical (unpaired) electrons. The molecule has 5 rings (SSSR count). The van der Waals surface area contributed by atoms with Gasteiger partial charge in [0.25, 0.3) is 5.91 Å². The molecule has 2 aromatic carbocycles. The van der Waals surface area contributed by atoms with Crippen LogP contribution in [0.15, 0.2) is 82.1 Å². The van der Waals surface area contributed by atoms with E-state index in [4.69, 9.17) is 25.7 Å². The number of allylic oxidation sites excluding steroid dienone is 4. The quantitative estimate of drug-likeness (QED) is 0.0185. The number of nitrogens with two attached hydrogens (primary N) is 2. The molecule has 9 N–H and O–H groups in total. The molecule has 70 heavy (non-hydrogen) atoms. The Kier molecular flexibility index (Phi) is 18.1. The Morgan fingerprint density at radius 2 is 1.61 bits per heavy atom. The Labute approximate surface area is 402 Å². The normalized spacial score (nSPS) is 14.5. The highest BCUT2D eigenvalue weighted by molar-refractivity contribution is 6.47. The summed E-state index contributed by atoms with van der Waals surface area (Å²) < 4.78 is 20.2. The van der Waals surface area contributed by atoms with Gasteiger partial charge in [-0.15, -0.1) is 0 Å². The van der Waals surface area contributed by atoms with Crippen molar-refractivity contribution >= 4 is 81.0 Å². The van der Waals surface area contributed by atoms with Crippen molar-refractivity contribution in [3.05, 3.63) is 83.2 Å². The summed E-state index contributed by atoms with van der Waals surface area (Å²) in [7, 11) is 4.28. The van der Waals surface area contributed by atoms with Crippen molar-refractivity contribution in [2.75, 3.05) is 64.7 Å². The number of carbonyl (C=O) groups is 6. The highest BCUT2D eigenvalue weighted by Gasteiger charge is 2.28. The minimum atomic E-state index is -1.26. The first-order valence-corrected chi connectivity index (χ1v) is 22.2. The van der Waals surface area contributed by atoms with Gasteiger partial charge in [-0.1, -0.05) is 12.2 Å². The summed E-state index contributed by atoms with van der Waals surface area (Å²) in [6.07, 6.45) is 8.17. The third-order valence-electron chi connectivity index (χ3n) is 10.5. The summed E-state index contributed by atoms with van der Waals surface area (Å²) in [5, 5.41) is 25.8. The topological polar surface area (TPSA) is 315 Å². The van der Waals surface area contributed by atoms with Crippen LogP contribution in [-0.2, 0) is 37.0 Å². The van der Waals surface area contributed by atoms with Crippen LogP contribution in [-0.4, -0.2) is 142 Å². The number of amides is 4. The molecule has 23 nitrogen and oxygen atoms in total. The van der Waals surface area contributed by atoms with Gasteiger partial charge in [-0.25, -0.2) is 34.2 Å². The number of rotatable bonds is 23. The summed E-state index contributed by atoms with van der Waals surface area (Å²) in [5.74, 6) is -3.12. The summed E-state index contributed by atoms with van der Waals surface area (Å²) in [5.41, 5.74) is 14.1. The number of aromatic nitrogens is 4. The molecule has 0 aliphatic carbocycles. The van der Waals surface area contributed by atoms with Gasteiger partial charge in [-0.05, 0) is 76.6 Å². The molecule has 3 heterocycles. The van der Waals surface area contributed by atoms with Crippen LogP contribution in [0, 0.1) is 0 Å². The Hall–Kier alpha value is -8.34. The molecule has 4 aromatic rings. The van der Waals surface area contributed by atoms with Crippen LogP contribution in [0.1, 0.15) is 61.3 Å². The van der Waals surface area contributed by atoms with Crippen LogP contribution in [0.25, 0.3) is 22.1 Å². The van der Waals surface area contributed by atoms with E-state index in [0.717, 1.165) is 0 Å². The van der Waals surface area contributed by atoms with E-state index in [1.165, 1.54) is 66.5 Å². The molecule has 23 heteroatoms. The first kappa shape index (κ1) is 52.6. The average molecular weight is 968 g/mol. The minimum absolute atomic E-state index is 0.0155. The number of nitrogens with zero attached hydrogens (tertiary/aromatic N) is 7. The highest BCUT2D eigenvalue weighted by atomic mass is 16.5. The van der Waals surface area contributed by atoms with Gasteiger partial charge in [0.15, 0.2) is 11.3 Å². The van der Waals surface area contributed by atoms with Crippen LogP contribution in [0.5, 0.6) is 11.5 Å². The van der Waals surface area contributed by atoms with Gasteiger partial charge in [-0.3, -0.25) is 29.7 Å². The minimum Gasteiger partial charge on any atom is -0.493 e. The number of imidazole rings is 2. The molecule has 4 amide bonds. The van der Waals surface area contributed by atoms with E-state index in [1.54, 1.807) is 62.1 Å². The molecule has 372 valence electrons. The smallest absolute Gasteiger partial charge is 0.363 e. The summed E-state index contributed by atoms with van der Waals surface area (Å²) in [4.78, 5) is 96.3. The number of carbonyl (C=O) groups excluding carboxylic acids is 5. The molecular weight excluding hydrogens is 909 g/mol. The molecule has 0 saturated carbocycles. The molecule has 0 spiro atoms. The zero-order valence-corrected chi connectivity index (χ0v) is 40.1. The first-order chi connectivity index (χ1) is 33.4. The number of benzene rings is 2. The number of methoxy groups -OCH3 is 2. The maximum absolute atomic E-state index is 13.7. The number of hydrogen-bond donors (Lipinski definition) is 7. The lowest BCUT2D eigenvalue weighted by molar-refractivity contribution is -0.646. The fourth-order valence-corrected chi connectivity index (χ4v) is 7.29. The summed E-state index contributed by atoms with van der Waals surface area (Å²) in [6.45, 7) is 7.73. The number of aliphatic hydroxyl groups is 1. The fraction of sp³-hybridized carbons (Fsp3) is 0.362. The van der Waals surface area contributed by atoms with Gasteiger partial charge < -0.3 is 50.3 Å².